The number of urea groups is 1. The lowest BCUT2D eigenvalue weighted by molar-refractivity contribution is -0.140. The van der Waals surface area contributed by atoms with E-state index in [2.05, 4.69) is 15.5 Å². The first kappa shape index (κ1) is 19.8. The van der Waals surface area contributed by atoms with E-state index in [-0.39, 0.29) is 17.5 Å². The van der Waals surface area contributed by atoms with E-state index in [1.807, 2.05) is 6.92 Å². The molecule has 1 fully saturated rings. The van der Waals surface area contributed by atoms with Crippen LogP contribution in [0.4, 0.5) is 28.2 Å². The maximum absolute atomic E-state index is 13.4. The lowest BCUT2D eigenvalue weighted by atomic mass is 9.91. The summed E-state index contributed by atoms with van der Waals surface area (Å²) in [6, 6.07) is 5.91. The number of likely N-dealkylation sites (tertiary alicyclic amines) is 1. The molecule has 148 valence electrons. The molecule has 1 saturated heterocycles. The van der Waals surface area contributed by atoms with Crippen LogP contribution in [0.2, 0.25) is 0 Å². The molecule has 1 N–H and O–H groups in total. The number of nitrogens with zero attached hydrogens (tertiary/aromatic N) is 3. The van der Waals surface area contributed by atoms with Crippen LogP contribution in [0, 0.1) is 11.7 Å². The first-order chi connectivity index (χ1) is 13.2. The molecule has 0 aliphatic carbocycles. The van der Waals surface area contributed by atoms with Crippen molar-refractivity contribution in [1.82, 2.24) is 15.1 Å². The number of alkyl halides is 3. The van der Waals surface area contributed by atoms with Crippen LogP contribution in [0.15, 0.2) is 42.1 Å². The highest BCUT2D eigenvalue weighted by Gasteiger charge is 2.34. The number of benzene rings is 1. The predicted octanol–water partition coefficient (Wildman–Crippen LogP) is 4.59. The van der Waals surface area contributed by atoms with Gasteiger partial charge in [0.2, 0.25) is 0 Å². The van der Waals surface area contributed by atoms with E-state index in [0.717, 1.165) is 17.7 Å². The monoisotopic (exact) mass is 394 g/mol. The minimum atomic E-state index is -4.74. The molecule has 0 radical (unpaired) electrons. The Kier molecular flexibility index (Phi) is 5.62. The van der Waals surface area contributed by atoms with E-state index in [4.69, 9.17) is 0 Å². The van der Waals surface area contributed by atoms with Crippen molar-refractivity contribution in [1.29, 1.82) is 0 Å². The first-order valence-electron chi connectivity index (χ1n) is 8.65. The highest BCUT2D eigenvalue weighted by atomic mass is 19.4. The van der Waals surface area contributed by atoms with Gasteiger partial charge in [-0.2, -0.15) is 18.3 Å². The van der Waals surface area contributed by atoms with Crippen molar-refractivity contribution in [3.8, 4) is 0 Å². The molecule has 2 heterocycles. The standard InChI is InChI=1S/C19H18F4N4O/c1-12-11-27(18(28)25-17-3-2-7-24-26-17)8-6-14(12)9-13-4-5-16(20)15(10-13)19(21,22)23/h2-5,7,9-10,12H,6,8,11H2,1H3,(H,25,26,28). The highest BCUT2D eigenvalue weighted by molar-refractivity contribution is 5.88. The van der Waals surface area contributed by atoms with Gasteiger partial charge in [0.25, 0.3) is 0 Å². The molecule has 1 aromatic carbocycles. The fourth-order valence-electron chi connectivity index (χ4n) is 3.07. The Morgan fingerprint density at radius 1 is 1.32 bits per heavy atom. The number of aromatic nitrogens is 2. The van der Waals surface area contributed by atoms with Crippen LogP contribution in [0.5, 0.6) is 0 Å². The second-order valence-electron chi connectivity index (χ2n) is 6.59. The summed E-state index contributed by atoms with van der Waals surface area (Å²) in [6.45, 7) is 2.71. The molecular formula is C19H18F4N4O. The average Bonchev–Trinajstić information content (AvgIpc) is 2.64. The summed E-state index contributed by atoms with van der Waals surface area (Å²) in [5.41, 5.74) is -0.0911. The number of piperidine rings is 1. The Morgan fingerprint density at radius 2 is 2.11 bits per heavy atom. The van der Waals surface area contributed by atoms with Crippen molar-refractivity contribution in [3.05, 3.63) is 59.0 Å². The molecule has 1 unspecified atom stereocenters. The van der Waals surface area contributed by atoms with Crippen molar-refractivity contribution in [2.24, 2.45) is 5.92 Å². The van der Waals surface area contributed by atoms with Crippen molar-refractivity contribution in [2.75, 3.05) is 18.4 Å². The maximum Gasteiger partial charge on any atom is 0.419 e. The lowest BCUT2D eigenvalue weighted by Crippen LogP contribution is -2.42. The zero-order valence-electron chi connectivity index (χ0n) is 15.0. The fourth-order valence-corrected chi connectivity index (χ4v) is 3.07. The van der Waals surface area contributed by atoms with E-state index in [0.29, 0.717) is 25.3 Å². The van der Waals surface area contributed by atoms with Gasteiger partial charge in [-0.15, -0.1) is 5.10 Å². The van der Waals surface area contributed by atoms with Gasteiger partial charge in [-0.05, 0) is 42.2 Å². The van der Waals surface area contributed by atoms with Crippen molar-refractivity contribution in [3.63, 3.8) is 0 Å². The van der Waals surface area contributed by atoms with Gasteiger partial charge < -0.3 is 4.90 Å². The zero-order chi connectivity index (χ0) is 20.3. The molecule has 1 aliphatic heterocycles. The van der Waals surface area contributed by atoms with Crippen LogP contribution in [-0.4, -0.2) is 34.2 Å². The summed E-state index contributed by atoms with van der Waals surface area (Å²) in [7, 11) is 0. The van der Waals surface area contributed by atoms with Gasteiger partial charge in [-0.3, -0.25) is 5.32 Å². The molecule has 9 heteroatoms. The summed E-state index contributed by atoms with van der Waals surface area (Å²) < 4.78 is 52.1. The SMILES string of the molecule is CC1CN(C(=O)Nc2cccnn2)CCC1=Cc1ccc(F)c(C(F)(F)F)c1. The van der Waals surface area contributed by atoms with E-state index in [1.165, 1.54) is 12.3 Å². The smallest absolute Gasteiger partial charge is 0.324 e. The first-order valence-corrected chi connectivity index (χ1v) is 8.65. The minimum Gasteiger partial charge on any atom is -0.324 e. The number of anilines is 1. The molecule has 1 atom stereocenters. The zero-order valence-corrected chi connectivity index (χ0v) is 15.0. The number of carbonyl (C=O) groups excluding carboxylic acids is 1. The van der Waals surface area contributed by atoms with Crippen LogP contribution in [-0.2, 0) is 6.18 Å². The quantitative estimate of drug-likeness (QED) is 0.758. The number of hydrogen-bond donors (Lipinski definition) is 1. The van der Waals surface area contributed by atoms with Gasteiger partial charge in [-0.1, -0.05) is 24.6 Å². The topological polar surface area (TPSA) is 58.1 Å². The van der Waals surface area contributed by atoms with Crippen LogP contribution in [0.25, 0.3) is 6.08 Å². The van der Waals surface area contributed by atoms with Gasteiger partial charge in [-0.25, -0.2) is 9.18 Å². The summed E-state index contributed by atoms with van der Waals surface area (Å²) in [6.07, 6.45) is -1.10. The average molecular weight is 394 g/mol. The molecule has 1 aromatic heterocycles. The Morgan fingerprint density at radius 3 is 2.75 bits per heavy atom. The van der Waals surface area contributed by atoms with Crippen molar-refractivity contribution >= 4 is 17.9 Å². The second kappa shape index (κ2) is 7.95. The second-order valence-corrected chi connectivity index (χ2v) is 6.59. The van der Waals surface area contributed by atoms with Gasteiger partial charge in [0.15, 0.2) is 5.82 Å². The Hall–Kier alpha value is -2.97. The fraction of sp³-hybridized carbons (Fsp3) is 0.316. The maximum atomic E-state index is 13.4. The number of hydrogen-bond acceptors (Lipinski definition) is 3. The molecule has 28 heavy (non-hydrogen) atoms. The number of halogens is 4. The number of amides is 2. The molecule has 2 amide bonds. The van der Waals surface area contributed by atoms with Crippen molar-refractivity contribution < 1.29 is 22.4 Å². The third kappa shape index (κ3) is 4.65. The molecule has 3 rings (SSSR count). The van der Waals surface area contributed by atoms with Crippen LogP contribution in [0.3, 0.4) is 0 Å². The normalized spacial score (nSPS) is 19.0. The molecule has 0 saturated carbocycles. The van der Waals surface area contributed by atoms with Crippen LogP contribution < -0.4 is 5.32 Å². The molecule has 2 aromatic rings. The third-order valence-electron chi connectivity index (χ3n) is 4.54. The third-order valence-corrected chi connectivity index (χ3v) is 4.54. The summed E-state index contributed by atoms with van der Waals surface area (Å²) in [5.74, 6) is -1.01. The minimum absolute atomic E-state index is 0.0549. The largest absolute Gasteiger partial charge is 0.419 e. The predicted molar refractivity (Wildman–Crippen MR) is 95.8 cm³/mol. The van der Waals surface area contributed by atoms with Gasteiger partial charge in [0.1, 0.15) is 5.82 Å². The van der Waals surface area contributed by atoms with Gasteiger partial charge in [0, 0.05) is 19.3 Å². The molecule has 0 bridgehead atoms. The molecule has 5 nitrogen and oxygen atoms in total. The van der Waals surface area contributed by atoms with E-state index in [1.54, 1.807) is 23.1 Å². The Bertz CT molecular complexity index is 883. The Labute approximate surface area is 159 Å². The summed E-state index contributed by atoms with van der Waals surface area (Å²) in [4.78, 5) is 13.9. The van der Waals surface area contributed by atoms with Crippen LogP contribution >= 0.6 is 0 Å². The van der Waals surface area contributed by atoms with Gasteiger partial charge in [0.05, 0.1) is 5.56 Å². The number of carbonyl (C=O) groups is 1. The van der Waals surface area contributed by atoms with E-state index < -0.39 is 17.6 Å². The van der Waals surface area contributed by atoms with Crippen molar-refractivity contribution in [2.45, 2.75) is 19.5 Å². The molecule has 0 spiro atoms. The van der Waals surface area contributed by atoms with E-state index in [9.17, 15) is 22.4 Å². The highest BCUT2D eigenvalue weighted by Crippen LogP contribution is 2.33. The summed E-state index contributed by atoms with van der Waals surface area (Å²) in [5, 5.41) is 10.1. The van der Waals surface area contributed by atoms with Gasteiger partial charge >= 0.3 is 12.2 Å². The lowest BCUT2D eigenvalue weighted by Gasteiger charge is -2.33. The summed E-state index contributed by atoms with van der Waals surface area (Å²) >= 11 is 0. The molecular weight excluding hydrogens is 376 g/mol. The Balaban J connectivity index is 1.69. The number of rotatable bonds is 2. The van der Waals surface area contributed by atoms with Crippen LogP contribution in [0.1, 0.15) is 24.5 Å². The molecule has 1 aliphatic rings. The van der Waals surface area contributed by atoms with E-state index >= 15 is 0 Å². The number of nitrogens with one attached hydrogen (secondary N) is 1.